The lowest BCUT2D eigenvalue weighted by Crippen LogP contribution is -2.38. The summed E-state index contributed by atoms with van der Waals surface area (Å²) in [5.74, 6) is 0.673. The molecule has 1 heterocycles. The molecule has 1 aromatic carbocycles. The Morgan fingerprint density at radius 3 is 2.80 bits per heavy atom. The lowest BCUT2D eigenvalue weighted by atomic mass is 9.78. The fraction of sp³-hybridized carbons (Fsp3) is 0.533. The number of hydrogen-bond acceptors (Lipinski definition) is 3. The van der Waals surface area contributed by atoms with Gasteiger partial charge in [-0.2, -0.15) is 0 Å². The Bertz CT molecular complexity index is 534. The highest BCUT2D eigenvalue weighted by molar-refractivity contribution is 6.34. The summed E-state index contributed by atoms with van der Waals surface area (Å²) in [4.78, 5) is 13.9. The number of primary amides is 1. The van der Waals surface area contributed by atoms with Gasteiger partial charge in [0.15, 0.2) is 0 Å². The van der Waals surface area contributed by atoms with Crippen LogP contribution in [0.3, 0.4) is 0 Å². The monoisotopic (exact) mass is 293 g/mol. The topological polar surface area (TPSA) is 72.4 Å². The number of amides is 1. The predicted molar refractivity (Wildman–Crippen MR) is 81.0 cm³/mol. The van der Waals surface area contributed by atoms with Gasteiger partial charge in [0.05, 0.1) is 16.3 Å². The van der Waals surface area contributed by atoms with Gasteiger partial charge in [0.25, 0.3) is 5.91 Å². The third-order valence-corrected chi connectivity index (χ3v) is 5.05. The summed E-state index contributed by atoms with van der Waals surface area (Å²) in [6, 6.07) is 5.77. The van der Waals surface area contributed by atoms with E-state index in [1.807, 2.05) is 12.1 Å². The standard InChI is InChI=1S/C15H20ClN3O/c16-11-4-2-6-13(14(11)15(18)20)19-7-9-3-1-5-12(17)10(9)8-19/h2,4,6,9-10,12H,1,3,5,7-8,17H2,(H2,18,20). The third-order valence-electron chi connectivity index (χ3n) is 4.73. The Labute approximate surface area is 124 Å². The van der Waals surface area contributed by atoms with Gasteiger partial charge in [-0.15, -0.1) is 0 Å². The molecule has 1 amide bonds. The minimum absolute atomic E-state index is 0.273. The van der Waals surface area contributed by atoms with Crippen molar-refractivity contribution >= 4 is 23.2 Å². The number of halogens is 1. The van der Waals surface area contributed by atoms with E-state index in [1.165, 1.54) is 12.8 Å². The smallest absolute Gasteiger partial charge is 0.252 e. The van der Waals surface area contributed by atoms with Crippen molar-refractivity contribution in [2.24, 2.45) is 23.3 Å². The molecule has 4 nitrogen and oxygen atoms in total. The van der Waals surface area contributed by atoms with Crippen molar-refractivity contribution in [2.45, 2.75) is 25.3 Å². The first kappa shape index (κ1) is 13.7. The minimum atomic E-state index is -0.468. The molecule has 0 spiro atoms. The quantitative estimate of drug-likeness (QED) is 0.876. The molecular formula is C15H20ClN3O. The largest absolute Gasteiger partial charge is 0.370 e. The maximum atomic E-state index is 11.7. The first-order valence-electron chi connectivity index (χ1n) is 7.16. The summed E-state index contributed by atoms with van der Waals surface area (Å²) in [6.07, 6.45) is 3.53. The molecule has 1 aliphatic carbocycles. The normalized spacial score (nSPS) is 29.3. The van der Waals surface area contributed by atoms with Crippen LogP contribution >= 0.6 is 11.6 Å². The average molecular weight is 294 g/mol. The number of benzene rings is 1. The van der Waals surface area contributed by atoms with Crippen molar-refractivity contribution in [2.75, 3.05) is 18.0 Å². The van der Waals surface area contributed by atoms with E-state index in [9.17, 15) is 4.79 Å². The zero-order chi connectivity index (χ0) is 14.3. The number of rotatable bonds is 2. The fourth-order valence-electron chi connectivity index (χ4n) is 3.73. The molecule has 1 saturated heterocycles. The summed E-state index contributed by atoms with van der Waals surface area (Å²) in [5, 5.41) is 0.425. The van der Waals surface area contributed by atoms with Gasteiger partial charge in [-0.3, -0.25) is 4.79 Å². The van der Waals surface area contributed by atoms with Gasteiger partial charge in [-0.05, 0) is 36.8 Å². The van der Waals surface area contributed by atoms with E-state index in [4.69, 9.17) is 23.1 Å². The third kappa shape index (κ3) is 2.27. The summed E-state index contributed by atoms with van der Waals surface area (Å²) in [5.41, 5.74) is 13.0. The van der Waals surface area contributed by atoms with E-state index in [1.54, 1.807) is 6.07 Å². The maximum absolute atomic E-state index is 11.7. The number of carbonyl (C=O) groups excluding carboxylic acids is 1. The van der Waals surface area contributed by atoms with E-state index in [0.29, 0.717) is 22.4 Å². The van der Waals surface area contributed by atoms with Crippen LogP contribution in [0.1, 0.15) is 29.6 Å². The van der Waals surface area contributed by atoms with Crippen molar-refractivity contribution in [1.29, 1.82) is 0 Å². The molecule has 2 aliphatic rings. The highest BCUT2D eigenvalue weighted by atomic mass is 35.5. The van der Waals surface area contributed by atoms with Crippen LogP contribution in [0.15, 0.2) is 18.2 Å². The van der Waals surface area contributed by atoms with Gasteiger partial charge >= 0.3 is 0 Å². The number of nitrogens with two attached hydrogens (primary N) is 2. The van der Waals surface area contributed by atoms with E-state index in [2.05, 4.69) is 4.90 Å². The second kappa shape index (κ2) is 5.26. The number of anilines is 1. The van der Waals surface area contributed by atoms with Crippen LogP contribution in [-0.4, -0.2) is 25.0 Å². The highest BCUT2D eigenvalue weighted by Gasteiger charge is 2.39. The van der Waals surface area contributed by atoms with Crippen LogP contribution < -0.4 is 16.4 Å². The lowest BCUT2D eigenvalue weighted by Gasteiger charge is -2.29. The van der Waals surface area contributed by atoms with Crippen LogP contribution in [-0.2, 0) is 0 Å². The summed E-state index contributed by atoms with van der Waals surface area (Å²) < 4.78 is 0. The van der Waals surface area contributed by atoms with Crippen molar-refractivity contribution in [3.63, 3.8) is 0 Å². The Hall–Kier alpha value is -1.26. The molecule has 1 saturated carbocycles. The summed E-state index contributed by atoms with van der Waals surface area (Å²) in [6.45, 7) is 1.84. The molecule has 1 aromatic rings. The van der Waals surface area contributed by atoms with E-state index < -0.39 is 5.91 Å². The predicted octanol–water partition coefficient (Wildman–Crippen LogP) is 2.00. The zero-order valence-corrected chi connectivity index (χ0v) is 12.1. The molecule has 5 heteroatoms. The molecule has 1 aliphatic heterocycles. The van der Waals surface area contributed by atoms with E-state index in [-0.39, 0.29) is 6.04 Å². The van der Waals surface area contributed by atoms with Crippen molar-refractivity contribution in [3.8, 4) is 0 Å². The molecule has 0 aromatic heterocycles. The SMILES string of the molecule is NC(=O)c1c(Cl)cccc1N1CC2CCCC(N)C2C1. The van der Waals surface area contributed by atoms with Crippen LogP contribution in [0.2, 0.25) is 5.02 Å². The average Bonchev–Trinajstić information content (AvgIpc) is 2.83. The molecule has 3 rings (SSSR count). The Morgan fingerprint density at radius 2 is 2.10 bits per heavy atom. The summed E-state index contributed by atoms with van der Waals surface area (Å²) >= 11 is 6.13. The van der Waals surface area contributed by atoms with Gasteiger partial charge in [0.2, 0.25) is 0 Å². The number of carbonyl (C=O) groups is 1. The van der Waals surface area contributed by atoms with Crippen molar-refractivity contribution in [3.05, 3.63) is 28.8 Å². The number of hydrogen-bond donors (Lipinski definition) is 2. The lowest BCUT2D eigenvalue weighted by molar-refractivity contribution is 0.100. The Morgan fingerprint density at radius 1 is 1.30 bits per heavy atom. The Balaban J connectivity index is 1.91. The maximum Gasteiger partial charge on any atom is 0.252 e. The minimum Gasteiger partial charge on any atom is -0.370 e. The molecular weight excluding hydrogens is 274 g/mol. The number of nitrogens with zero attached hydrogens (tertiary/aromatic N) is 1. The number of fused-ring (bicyclic) bond motifs is 1. The second-order valence-corrected chi connectivity index (χ2v) is 6.33. The highest BCUT2D eigenvalue weighted by Crippen LogP contribution is 2.39. The van der Waals surface area contributed by atoms with Crippen LogP contribution in [0, 0.1) is 11.8 Å². The molecule has 3 unspecified atom stereocenters. The molecule has 4 N–H and O–H groups in total. The molecule has 0 bridgehead atoms. The molecule has 20 heavy (non-hydrogen) atoms. The molecule has 108 valence electrons. The van der Waals surface area contributed by atoms with Gasteiger partial charge < -0.3 is 16.4 Å². The van der Waals surface area contributed by atoms with Crippen LogP contribution in [0.5, 0.6) is 0 Å². The van der Waals surface area contributed by atoms with Crippen LogP contribution in [0.25, 0.3) is 0 Å². The zero-order valence-electron chi connectivity index (χ0n) is 11.4. The van der Waals surface area contributed by atoms with Crippen LogP contribution in [0.4, 0.5) is 5.69 Å². The first-order chi connectivity index (χ1) is 9.58. The van der Waals surface area contributed by atoms with Gasteiger partial charge in [-0.1, -0.05) is 24.1 Å². The fourth-order valence-corrected chi connectivity index (χ4v) is 4.00. The molecule has 0 radical (unpaired) electrons. The van der Waals surface area contributed by atoms with Gasteiger partial charge in [-0.25, -0.2) is 0 Å². The van der Waals surface area contributed by atoms with Crippen molar-refractivity contribution < 1.29 is 4.79 Å². The Kier molecular flexibility index (Phi) is 3.61. The first-order valence-corrected chi connectivity index (χ1v) is 7.54. The van der Waals surface area contributed by atoms with E-state index in [0.717, 1.165) is 25.2 Å². The second-order valence-electron chi connectivity index (χ2n) is 5.92. The van der Waals surface area contributed by atoms with Gasteiger partial charge in [0.1, 0.15) is 0 Å². The summed E-state index contributed by atoms with van der Waals surface area (Å²) in [7, 11) is 0. The molecule has 3 atom stereocenters. The van der Waals surface area contributed by atoms with E-state index >= 15 is 0 Å². The van der Waals surface area contributed by atoms with Gasteiger partial charge in [0, 0.05) is 19.1 Å². The van der Waals surface area contributed by atoms with Crippen molar-refractivity contribution in [1.82, 2.24) is 0 Å². The molecule has 2 fully saturated rings.